The molecule has 0 bridgehead atoms. The number of hydrogen-bond donors (Lipinski definition) is 0. The lowest BCUT2D eigenvalue weighted by Crippen LogP contribution is -2.15. The van der Waals surface area contributed by atoms with Gasteiger partial charge in [0.05, 0.1) is 0 Å². The van der Waals surface area contributed by atoms with E-state index in [0.717, 1.165) is 18.9 Å². The van der Waals surface area contributed by atoms with E-state index in [9.17, 15) is 13.6 Å². The van der Waals surface area contributed by atoms with Crippen molar-refractivity contribution in [1.82, 2.24) is 0 Å². The summed E-state index contributed by atoms with van der Waals surface area (Å²) in [4.78, 5) is 11.8. The van der Waals surface area contributed by atoms with Crippen molar-refractivity contribution in [3.8, 4) is 0 Å². The number of rotatable bonds is 4. The molecule has 0 amide bonds. The van der Waals surface area contributed by atoms with Gasteiger partial charge < -0.3 is 0 Å². The number of benzene rings is 1. The van der Waals surface area contributed by atoms with Crippen LogP contribution in [-0.2, 0) is 11.2 Å². The van der Waals surface area contributed by atoms with E-state index in [4.69, 9.17) is 0 Å². The number of hydrogen-bond acceptors (Lipinski definition) is 1. The van der Waals surface area contributed by atoms with Crippen molar-refractivity contribution in [2.75, 3.05) is 0 Å². The summed E-state index contributed by atoms with van der Waals surface area (Å²) in [5.41, 5.74) is 0.426. The SMILES string of the molecule is CC(C(=O)Cc1cc(F)cc(F)c1)C1CC1. The molecule has 0 N–H and O–H groups in total. The summed E-state index contributed by atoms with van der Waals surface area (Å²) in [7, 11) is 0. The molecule has 1 unspecified atom stereocenters. The molecule has 0 aromatic heterocycles. The Morgan fingerprint density at radius 3 is 2.38 bits per heavy atom. The Labute approximate surface area is 93.5 Å². The molecule has 2 rings (SSSR count). The van der Waals surface area contributed by atoms with Crippen LogP contribution in [0.3, 0.4) is 0 Å². The van der Waals surface area contributed by atoms with E-state index in [1.807, 2.05) is 6.92 Å². The van der Waals surface area contributed by atoms with Crippen LogP contribution in [0.2, 0.25) is 0 Å². The average Bonchev–Trinajstić information content (AvgIpc) is 2.97. The van der Waals surface area contributed by atoms with Gasteiger partial charge in [0.15, 0.2) is 0 Å². The fraction of sp³-hybridized carbons (Fsp3) is 0.462. The molecule has 1 aromatic rings. The monoisotopic (exact) mass is 224 g/mol. The number of carbonyl (C=O) groups excluding carboxylic acids is 1. The smallest absolute Gasteiger partial charge is 0.140 e. The van der Waals surface area contributed by atoms with Crippen molar-refractivity contribution in [2.45, 2.75) is 26.2 Å². The zero-order valence-electron chi connectivity index (χ0n) is 9.17. The molecular formula is C13H14F2O. The minimum atomic E-state index is -0.623. The van der Waals surface area contributed by atoms with Crippen molar-refractivity contribution >= 4 is 5.78 Å². The second-order valence-corrected chi connectivity index (χ2v) is 4.55. The van der Waals surface area contributed by atoms with Crippen LogP contribution in [0.1, 0.15) is 25.3 Å². The highest BCUT2D eigenvalue weighted by atomic mass is 19.1. The first kappa shape index (κ1) is 11.2. The second kappa shape index (κ2) is 4.32. The van der Waals surface area contributed by atoms with Crippen LogP contribution >= 0.6 is 0 Å². The van der Waals surface area contributed by atoms with Crippen LogP contribution in [0.5, 0.6) is 0 Å². The van der Waals surface area contributed by atoms with Crippen molar-refractivity contribution < 1.29 is 13.6 Å². The molecule has 1 saturated carbocycles. The fourth-order valence-corrected chi connectivity index (χ4v) is 1.93. The van der Waals surface area contributed by atoms with Crippen molar-refractivity contribution in [3.05, 3.63) is 35.4 Å². The quantitative estimate of drug-likeness (QED) is 0.768. The predicted molar refractivity (Wildman–Crippen MR) is 57.0 cm³/mol. The van der Waals surface area contributed by atoms with Crippen LogP contribution in [-0.4, -0.2) is 5.78 Å². The van der Waals surface area contributed by atoms with Gasteiger partial charge in [-0.1, -0.05) is 6.92 Å². The summed E-state index contributed by atoms with van der Waals surface area (Å²) in [5.74, 6) is -0.659. The van der Waals surface area contributed by atoms with Gasteiger partial charge >= 0.3 is 0 Å². The van der Waals surface area contributed by atoms with Gasteiger partial charge in [0.2, 0.25) is 0 Å². The Hall–Kier alpha value is -1.25. The highest BCUT2D eigenvalue weighted by molar-refractivity contribution is 5.83. The Bertz CT molecular complexity index is 390. The van der Waals surface area contributed by atoms with Gasteiger partial charge in [-0.2, -0.15) is 0 Å². The Balaban J connectivity index is 2.04. The molecular weight excluding hydrogens is 210 g/mol. The Kier molecular flexibility index (Phi) is 3.03. The summed E-state index contributed by atoms with van der Waals surface area (Å²) in [6.07, 6.45) is 2.33. The van der Waals surface area contributed by atoms with Gasteiger partial charge in [-0.3, -0.25) is 4.79 Å². The van der Waals surface area contributed by atoms with Crippen LogP contribution < -0.4 is 0 Å². The molecule has 1 atom stereocenters. The zero-order valence-corrected chi connectivity index (χ0v) is 9.17. The standard InChI is InChI=1S/C13H14F2O/c1-8(10-2-3-10)13(16)6-9-4-11(14)7-12(15)5-9/h4-5,7-8,10H,2-3,6H2,1H3. The van der Waals surface area contributed by atoms with Crippen molar-refractivity contribution in [1.29, 1.82) is 0 Å². The molecule has 1 aliphatic carbocycles. The van der Waals surface area contributed by atoms with Crippen molar-refractivity contribution in [2.24, 2.45) is 11.8 Å². The number of carbonyl (C=O) groups is 1. The lowest BCUT2D eigenvalue weighted by molar-refractivity contribution is -0.122. The van der Waals surface area contributed by atoms with Gasteiger partial charge in [-0.05, 0) is 36.5 Å². The van der Waals surface area contributed by atoms with Gasteiger partial charge in [-0.25, -0.2) is 8.78 Å². The highest BCUT2D eigenvalue weighted by Gasteiger charge is 2.32. The number of Topliss-reactive ketones (excluding diaryl/α,β-unsaturated/α-hetero) is 1. The van der Waals surface area contributed by atoms with Gasteiger partial charge in [0, 0.05) is 18.4 Å². The molecule has 1 aliphatic rings. The molecule has 1 aromatic carbocycles. The summed E-state index contributed by atoms with van der Waals surface area (Å²) in [5, 5.41) is 0. The van der Waals surface area contributed by atoms with Crippen LogP contribution in [0, 0.1) is 23.5 Å². The van der Waals surface area contributed by atoms with Gasteiger partial charge in [0.1, 0.15) is 17.4 Å². The predicted octanol–water partition coefficient (Wildman–Crippen LogP) is 3.12. The maximum absolute atomic E-state index is 12.9. The first-order chi connectivity index (χ1) is 7.56. The largest absolute Gasteiger partial charge is 0.299 e. The van der Waals surface area contributed by atoms with E-state index in [1.54, 1.807) is 0 Å². The molecule has 0 heterocycles. The molecule has 0 radical (unpaired) electrons. The van der Waals surface area contributed by atoms with E-state index >= 15 is 0 Å². The summed E-state index contributed by atoms with van der Waals surface area (Å²) in [6, 6.07) is 3.26. The van der Waals surface area contributed by atoms with Crippen molar-refractivity contribution in [3.63, 3.8) is 0 Å². The minimum absolute atomic E-state index is 0.0197. The highest BCUT2D eigenvalue weighted by Crippen LogP contribution is 2.37. The third kappa shape index (κ3) is 2.65. The van der Waals surface area contributed by atoms with E-state index in [0.29, 0.717) is 11.5 Å². The molecule has 86 valence electrons. The summed E-state index contributed by atoms with van der Waals surface area (Å²) >= 11 is 0. The number of halogens is 2. The van der Waals surface area contributed by atoms with E-state index in [2.05, 4.69) is 0 Å². The second-order valence-electron chi connectivity index (χ2n) is 4.55. The molecule has 0 aliphatic heterocycles. The normalized spacial score (nSPS) is 17.2. The minimum Gasteiger partial charge on any atom is -0.299 e. The summed E-state index contributed by atoms with van der Waals surface area (Å²) < 4.78 is 25.8. The van der Waals surface area contributed by atoms with Crippen LogP contribution in [0.15, 0.2) is 18.2 Å². The maximum Gasteiger partial charge on any atom is 0.140 e. The van der Waals surface area contributed by atoms with Gasteiger partial charge in [-0.15, -0.1) is 0 Å². The lowest BCUT2D eigenvalue weighted by Gasteiger charge is -2.08. The molecule has 3 heteroatoms. The molecule has 1 fully saturated rings. The third-order valence-electron chi connectivity index (χ3n) is 3.14. The first-order valence-corrected chi connectivity index (χ1v) is 5.54. The maximum atomic E-state index is 12.9. The lowest BCUT2D eigenvalue weighted by atomic mass is 9.95. The molecule has 16 heavy (non-hydrogen) atoms. The zero-order chi connectivity index (χ0) is 11.7. The third-order valence-corrected chi connectivity index (χ3v) is 3.14. The fourth-order valence-electron chi connectivity index (χ4n) is 1.93. The van der Waals surface area contributed by atoms with Gasteiger partial charge in [0.25, 0.3) is 0 Å². The Morgan fingerprint density at radius 1 is 1.31 bits per heavy atom. The molecule has 1 nitrogen and oxygen atoms in total. The summed E-state index contributed by atoms with van der Waals surface area (Å²) in [6.45, 7) is 1.90. The Morgan fingerprint density at radius 2 is 1.88 bits per heavy atom. The molecule has 0 saturated heterocycles. The first-order valence-electron chi connectivity index (χ1n) is 5.54. The number of ketones is 1. The van der Waals surface area contributed by atoms with E-state index in [1.165, 1.54) is 12.1 Å². The average molecular weight is 224 g/mol. The van der Waals surface area contributed by atoms with Crippen LogP contribution in [0.4, 0.5) is 8.78 Å². The topological polar surface area (TPSA) is 17.1 Å². The van der Waals surface area contributed by atoms with E-state index < -0.39 is 11.6 Å². The molecule has 0 spiro atoms. The van der Waals surface area contributed by atoms with E-state index in [-0.39, 0.29) is 18.1 Å². The van der Waals surface area contributed by atoms with Crippen LogP contribution in [0.25, 0.3) is 0 Å².